The molecule has 2 aromatic heterocycles. The Kier molecular flexibility index (Phi) is 2.14. The van der Waals surface area contributed by atoms with Crippen LogP contribution in [0.5, 0.6) is 0 Å². The van der Waals surface area contributed by atoms with Crippen LogP contribution in [0.3, 0.4) is 0 Å². The lowest BCUT2D eigenvalue weighted by molar-refractivity contribution is 0.947. The minimum atomic E-state index is 1.01. The van der Waals surface area contributed by atoms with Crippen LogP contribution in [0.2, 0.25) is 0 Å². The van der Waals surface area contributed by atoms with Gasteiger partial charge in [0.05, 0.1) is 11.0 Å². The Hall–Kier alpha value is -2.49. The van der Waals surface area contributed by atoms with Crippen LogP contribution in [0.15, 0.2) is 36.8 Å². The number of hydrogen-bond donors (Lipinski definition) is 0. The highest BCUT2D eigenvalue weighted by Gasteiger charge is 2.19. The number of benzene rings is 2. The Balaban J connectivity index is 1.96. The van der Waals surface area contributed by atoms with Crippen molar-refractivity contribution in [3.05, 3.63) is 36.8 Å². The Labute approximate surface area is 121 Å². The first-order valence-electron chi connectivity index (χ1n) is 7.41. The largest absolute Gasteiger partial charge is 0.356 e. The van der Waals surface area contributed by atoms with Gasteiger partial charge >= 0.3 is 0 Å². The first-order chi connectivity index (χ1) is 10.4. The molecule has 3 heterocycles. The molecule has 0 aliphatic carbocycles. The van der Waals surface area contributed by atoms with Crippen molar-refractivity contribution >= 4 is 38.4 Å². The molecule has 0 radical (unpaired) electrons. The normalized spacial score (nSPS) is 15.7. The third kappa shape index (κ3) is 1.47. The van der Waals surface area contributed by atoms with Crippen LogP contribution in [-0.4, -0.2) is 28.0 Å². The van der Waals surface area contributed by atoms with E-state index in [0.717, 1.165) is 35.3 Å². The molecule has 1 saturated heterocycles. The van der Waals surface area contributed by atoms with Crippen molar-refractivity contribution in [2.75, 3.05) is 18.0 Å². The van der Waals surface area contributed by atoms with Gasteiger partial charge in [-0.3, -0.25) is 0 Å². The molecule has 0 atom stereocenters. The van der Waals surface area contributed by atoms with Crippen LogP contribution in [0, 0.1) is 0 Å². The molecule has 102 valence electrons. The number of hydrogen-bond acceptors (Lipinski definition) is 4. The maximum atomic E-state index is 4.73. The third-order valence-electron chi connectivity index (χ3n) is 4.51. The van der Waals surface area contributed by atoms with Crippen molar-refractivity contribution in [1.29, 1.82) is 0 Å². The SMILES string of the molecule is c1nc2ccc3cnc(N4CCCC4)c4ccc(n1)c2c34. The highest BCUT2D eigenvalue weighted by molar-refractivity contribution is 6.23. The topological polar surface area (TPSA) is 41.9 Å². The van der Waals surface area contributed by atoms with Crippen LogP contribution >= 0.6 is 0 Å². The van der Waals surface area contributed by atoms with E-state index in [4.69, 9.17) is 4.98 Å². The second kappa shape index (κ2) is 4.01. The standard InChI is InChI=1S/C17H14N4/c1-2-8-21(7-1)17-12-4-6-14-16-13(19-10-20-14)5-3-11(9-18-17)15(12)16/h3-6,9-10H,1-2,7-8H2. The Morgan fingerprint density at radius 3 is 2.38 bits per heavy atom. The number of aromatic nitrogens is 3. The van der Waals surface area contributed by atoms with Gasteiger partial charge in [-0.2, -0.15) is 0 Å². The quantitative estimate of drug-likeness (QED) is 0.499. The fraction of sp³-hybridized carbons (Fsp3) is 0.235. The van der Waals surface area contributed by atoms with Crippen molar-refractivity contribution in [3.63, 3.8) is 0 Å². The predicted octanol–water partition coefficient (Wildman–Crippen LogP) is 3.37. The summed E-state index contributed by atoms with van der Waals surface area (Å²) in [5.41, 5.74) is 2.02. The van der Waals surface area contributed by atoms with Gasteiger partial charge < -0.3 is 4.90 Å². The highest BCUT2D eigenvalue weighted by Crippen LogP contribution is 2.36. The second-order valence-electron chi connectivity index (χ2n) is 5.71. The van der Waals surface area contributed by atoms with Gasteiger partial charge in [0.1, 0.15) is 12.1 Å². The van der Waals surface area contributed by atoms with Gasteiger partial charge in [0.2, 0.25) is 0 Å². The van der Waals surface area contributed by atoms with E-state index in [1.54, 1.807) is 6.33 Å². The van der Waals surface area contributed by atoms with Crippen molar-refractivity contribution in [2.24, 2.45) is 0 Å². The number of anilines is 1. The minimum Gasteiger partial charge on any atom is -0.356 e. The molecule has 1 aliphatic rings. The van der Waals surface area contributed by atoms with Gasteiger partial charge in [-0.25, -0.2) is 15.0 Å². The van der Waals surface area contributed by atoms with Crippen molar-refractivity contribution in [3.8, 4) is 0 Å². The first kappa shape index (κ1) is 11.2. The lowest BCUT2D eigenvalue weighted by Crippen LogP contribution is -2.19. The predicted molar refractivity (Wildman–Crippen MR) is 85.0 cm³/mol. The average Bonchev–Trinajstić information content (AvgIpc) is 3.07. The summed E-state index contributed by atoms with van der Waals surface area (Å²) in [6, 6.07) is 8.42. The molecule has 2 aromatic carbocycles. The Morgan fingerprint density at radius 1 is 0.810 bits per heavy atom. The molecule has 1 fully saturated rings. The van der Waals surface area contributed by atoms with Crippen LogP contribution in [0.1, 0.15) is 12.8 Å². The smallest absolute Gasteiger partial charge is 0.136 e. The molecule has 1 aliphatic heterocycles. The lowest BCUT2D eigenvalue weighted by atomic mass is 10.00. The molecular formula is C17H14N4. The summed E-state index contributed by atoms with van der Waals surface area (Å²) in [6.45, 7) is 2.21. The van der Waals surface area contributed by atoms with Gasteiger partial charge in [-0.1, -0.05) is 6.07 Å². The molecule has 0 bridgehead atoms. The van der Waals surface area contributed by atoms with Crippen molar-refractivity contribution in [2.45, 2.75) is 12.8 Å². The van der Waals surface area contributed by atoms with Gasteiger partial charge in [0.15, 0.2) is 0 Å². The fourth-order valence-electron chi connectivity index (χ4n) is 3.53. The number of rotatable bonds is 1. The molecule has 0 amide bonds. The van der Waals surface area contributed by atoms with Gasteiger partial charge in [0, 0.05) is 40.8 Å². The van der Waals surface area contributed by atoms with E-state index in [9.17, 15) is 0 Å². The number of pyridine rings is 1. The van der Waals surface area contributed by atoms with E-state index in [-0.39, 0.29) is 0 Å². The monoisotopic (exact) mass is 274 g/mol. The Morgan fingerprint density at radius 2 is 1.57 bits per heavy atom. The molecule has 4 nitrogen and oxygen atoms in total. The average molecular weight is 274 g/mol. The first-order valence-corrected chi connectivity index (χ1v) is 7.41. The van der Waals surface area contributed by atoms with Gasteiger partial charge in [-0.05, 0) is 31.0 Å². The van der Waals surface area contributed by atoms with E-state index < -0.39 is 0 Å². The van der Waals surface area contributed by atoms with E-state index in [1.807, 2.05) is 6.20 Å². The van der Waals surface area contributed by atoms with Crippen LogP contribution in [0.25, 0.3) is 32.6 Å². The zero-order valence-corrected chi connectivity index (χ0v) is 11.6. The van der Waals surface area contributed by atoms with Crippen molar-refractivity contribution < 1.29 is 0 Å². The Bertz CT molecular complexity index is 941. The lowest BCUT2D eigenvalue weighted by Gasteiger charge is -2.20. The summed E-state index contributed by atoms with van der Waals surface area (Å²) in [5, 5.41) is 4.81. The molecule has 4 aromatic rings. The molecule has 0 spiro atoms. The molecule has 21 heavy (non-hydrogen) atoms. The van der Waals surface area contributed by atoms with E-state index in [0.29, 0.717) is 0 Å². The maximum Gasteiger partial charge on any atom is 0.136 e. The van der Waals surface area contributed by atoms with Gasteiger partial charge in [-0.15, -0.1) is 0 Å². The molecule has 5 rings (SSSR count). The van der Waals surface area contributed by atoms with Gasteiger partial charge in [0.25, 0.3) is 0 Å². The zero-order chi connectivity index (χ0) is 13.8. The fourth-order valence-corrected chi connectivity index (χ4v) is 3.53. The zero-order valence-electron chi connectivity index (χ0n) is 11.6. The van der Waals surface area contributed by atoms with Crippen LogP contribution in [-0.2, 0) is 0 Å². The number of nitrogens with zero attached hydrogens (tertiary/aromatic N) is 4. The summed E-state index contributed by atoms with van der Waals surface area (Å²) in [6.07, 6.45) is 6.14. The van der Waals surface area contributed by atoms with Crippen LogP contribution < -0.4 is 4.90 Å². The summed E-state index contributed by atoms with van der Waals surface area (Å²) in [4.78, 5) is 16.0. The highest BCUT2D eigenvalue weighted by atomic mass is 15.2. The van der Waals surface area contributed by atoms with E-state index >= 15 is 0 Å². The maximum absolute atomic E-state index is 4.73. The molecule has 4 heteroatoms. The third-order valence-corrected chi connectivity index (χ3v) is 4.51. The summed E-state index contributed by atoms with van der Waals surface area (Å²) in [5.74, 6) is 1.11. The molecule has 0 saturated carbocycles. The summed E-state index contributed by atoms with van der Waals surface area (Å²) < 4.78 is 0. The minimum absolute atomic E-state index is 1.01. The molecular weight excluding hydrogens is 260 g/mol. The van der Waals surface area contributed by atoms with Crippen molar-refractivity contribution in [1.82, 2.24) is 15.0 Å². The van der Waals surface area contributed by atoms with E-state index in [1.165, 1.54) is 29.0 Å². The summed E-state index contributed by atoms with van der Waals surface area (Å²) >= 11 is 0. The summed E-state index contributed by atoms with van der Waals surface area (Å²) in [7, 11) is 0. The van der Waals surface area contributed by atoms with Crippen LogP contribution in [0.4, 0.5) is 5.82 Å². The molecule has 0 unspecified atom stereocenters. The van der Waals surface area contributed by atoms with E-state index in [2.05, 4.69) is 39.1 Å². The molecule has 0 N–H and O–H groups in total. The second-order valence-corrected chi connectivity index (χ2v) is 5.71.